The van der Waals surface area contributed by atoms with Crippen LogP contribution >= 0.6 is 66.7 Å². The molecule has 0 atom stereocenters. The molecule has 0 radical (unpaired) electrons. The van der Waals surface area contributed by atoms with Crippen molar-refractivity contribution in [1.29, 1.82) is 0 Å². The first-order valence-corrected chi connectivity index (χ1v) is 15.0. The van der Waals surface area contributed by atoms with Crippen molar-refractivity contribution in [3.63, 3.8) is 0 Å². The van der Waals surface area contributed by atoms with Crippen LogP contribution in [0, 0.1) is 20.2 Å². The Morgan fingerprint density at radius 1 is 0.767 bits per heavy atom. The summed E-state index contributed by atoms with van der Waals surface area (Å²) in [6.07, 6.45) is 2.02. The van der Waals surface area contributed by atoms with Gasteiger partial charge in [0.05, 0.1) is 23.1 Å². The predicted octanol–water partition coefficient (Wildman–Crippen LogP) is 7.29. The summed E-state index contributed by atoms with van der Waals surface area (Å²) in [7, 11) is 0. The van der Waals surface area contributed by atoms with Crippen LogP contribution in [0.15, 0.2) is 60.9 Å². The van der Waals surface area contributed by atoms with E-state index in [1.807, 2.05) is 24.3 Å². The number of rotatable bonds is 10. The number of nitrogens with two attached hydrogens (primary N) is 1. The average Bonchev–Trinajstić information content (AvgIpc) is 2.97. The third-order valence-corrected chi connectivity index (χ3v) is 5.81. The molecule has 0 aliphatic heterocycles. The Balaban J connectivity index is 0.000000247. The summed E-state index contributed by atoms with van der Waals surface area (Å²) in [4.78, 5) is 34.0. The number of alkyl halides is 2. The molecule has 4 rings (SSSR count). The molecule has 14 nitrogen and oxygen atoms in total. The fourth-order valence-corrected chi connectivity index (χ4v) is 3.52. The maximum Gasteiger partial charge on any atom is 0.329 e. The number of halogens is 5. The van der Waals surface area contributed by atoms with Crippen LogP contribution in [0.3, 0.4) is 0 Å². The quantitative estimate of drug-likeness (QED) is 0.0408. The van der Waals surface area contributed by atoms with E-state index in [1.165, 1.54) is 0 Å². The van der Waals surface area contributed by atoms with Gasteiger partial charge in [0.15, 0.2) is 0 Å². The lowest BCUT2D eigenvalue weighted by atomic mass is 10.3. The molecule has 4 aromatic rings. The monoisotopic (exact) mass is 780 g/mol. The van der Waals surface area contributed by atoms with Crippen LogP contribution in [0.2, 0.25) is 15.7 Å². The van der Waals surface area contributed by atoms with Crippen molar-refractivity contribution in [3.8, 4) is 11.5 Å². The van der Waals surface area contributed by atoms with E-state index in [-0.39, 0.29) is 32.9 Å². The molecule has 2 aromatic heterocycles. The molecule has 228 valence electrons. The average molecular weight is 784 g/mol. The number of hydrogen-bond acceptors (Lipinski definition) is 12. The fraction of sp³-hybridized carbons (Fsp3) is 0.167. The van der Waals surface area contributed by atoms with E-state index in [1.54, 1.807) is 24.3 Å². The summed E-state index contributed by atoms with van der Waals surface area (Å²) in [5.41, 5.74) is 6.27. The van der Waals surface area contributed by atoms with E-state index >= 15 is 0 Å². The van der Waals surface area contributed by atoms with Gasteiger partial charge in [0.25, 0.3) is 0 Å². The Morgan fingerprint density at radius 2 is 1.23 bits per heavy atom. The van der Waals surface area contributed by atoms with Crippen molar-refractivity contribution in [2.75, 3.05) is 34.9 Å². The molecule has 0 amide bonds. The number of benzene rings is 2. The third kappa shape index (κ3) is 13.1. The number of anilines is 3. The highest BCUT2D eigenvalue weighted by molar-refractivity contribution is 9.09. The summed E-state index contributed by atoms with van der Waals surface area (Å²) in [5.74, 6) is 1.60. The second-order valence-electron chi connectivity index (χ2n) is 7.50. The molecule has 0 unspecified atom stereocenters. The van der Waals surface area contributed by atoms with E-state index in [0.29, 0.717) is 24.7 Å². The fourth-order valence-electron chi connectivity index (χ4n) is 2.68. The molecular formula is C24H21Br2Cl3N8O6. The number of aromatic nitrogens is 4. The molecule has 0 fully saturated rings. The van der Waals surface area contributed by atoms with E-state index < -0.39 is 9.85 Å². The van der Waals surface area contributed by atoms with Crippen LogP contribution < -0.4 is 20.5 Å². The minimum atomic E-state index is -0.682. The van der Waals surface area contributed by atoms with E-state index in [4.69, 9.17) is 50.0 Å². The SMILES string of the molecule is Nc1ccc(OCCBr)cc1.O=[N+]([O-])c1cnc(Cl)nc1Cl.O=[N+]([O-])c1cnc(Cl)nc1Nc1ccc(OCCBr)cc1. The van der Waals surface area contributed by atoms with Crippen LogP contribution in [0.4, 0.5) is 28.6 Å². The van der Waals surface area contributed by atoms with Crippen LogP contribution in [-0.2, 0) is 0 Å². The zero-order valence-electron chi connectivity index (χ0n) is 21.7. The second kappa shape index (κ2) is 18.9. The lowest BCUT2D eigenvalue weighted by Gasteiger charge is -2.08. The first kappa shape index (κ1) is 35.6. The van der Waals surface area contributed by atoms with Gasteiger partial charge in [-0.3, -0.25) is 20.2 Å². The molecule has 0 aliphatic carbocycles. The van der Waals surface area contributed by atoms with Gasteiger partial charge in [-0.05, 0) is 71.7 Å². The molecule has 43 heavy (non-hydrogen) atoms. The highest BCUT2D eigenvalue weighted by Crippen LogP contribution is 2.27. The predicted molar refractivity (Wildman–Crippen MR) is 172 cm³/mol. The molecule has 0 bridgehead atoms. The molecule has 0 spiro atoms. The Kier molecular flexibility index (Phi) is 15.6. The minimum absolute atomic E-state index is 0.0362. The van der Waals surface area contributed by atoms with Gasteiger partial charge in [-0.15, -0.1) is 0 Å². The normalized spacial score (nSPS) is 9.88. The standard InChI is InChI=1S/C12H10BrClN4O3.C8H10BrNO.C4HCl2N3O2/c13-5-6-21-9-3-1-8(2-4-9)16-11-10(18(19)20)7-15-12(14)17-11;9-5-6-11-8-3-1-7(10)2-4-8;5-3-2(9(10)11)1-7-4(6)8-3/h1-4,7H,5-6H2,(H,15,16,17);1-4H,5-6,10H2;1H. The van der Waals surface area contributed by atoms with E-state index in [2.05, 4.69) is 57.1 Å². The van der Waals surface area contributed by atoms with Crippen molar-refractivity contribution in [3.05, 3.63) is 96.9 Å². The largest absolute Gasteiger partial charge is 0.493 e. The van der Waals surface area contributed by atoms with Crippen LogP contribution in [0.1, 0.15) is 0 Å². The zero-order chi connectivity index (χ0) is 31.8. The summed E-state index contributed by atoms with van der Waals surface area (Å²) >= 11 is 22.8. The topological polar surface area (TPSA) is 194 Å². The highest BCUT2D eigenvalue weighted by Gasteiger charge is 2.17. The number of nitrogen functional groups attached to an aromatic ring is 1. The third-order valence-electron chi connectivity index (χ3n) is 4.52. The molecule has 19 heteroatoms. The minimum Gasteiger partial charge on any atom is -0.493 e. The Labute approximate surface area is 276 Å². The molecule has 0 aliphatic rings. The van der Waals surface area contributed by atoms with Gasteiger partial charge in [0.1, 0.15) is 23.9 Å². The van der Waals surface area contributed by atoms with Crippen LogP contribution in [0.25, 0.3) is 0 Å². The number of nitrogens with zero attached hydrogens (tertiary/aromatic N) is 6. The Bertz CT molecular complexity index is 1490. The van der Waals surface area contributed by atoms with Crippen molar-refractivity contribution < 1.29 is 19.3 Å². The lowest BCUT2D eigenvalue weighted by molar-refractivity contribution is -0.385. The van der Waals surface area contributed by atoms with E-state index in [0.717, 1.165) is 34.5 Å². The first-order valence-electron chi connectivity index (χ1n) is 11.6. The van der Waals surface area contributed by atoms with Crippen molar-refractivity contribution >= 4 is 95.2 Å². The van der Waals surface area contributed by atoms with Crippen LogP contribution in [0.5, 0.6) is 11.5 Å². The number of nitrogens with one attached hydrogen (secondary N) is 1. The van der Waals surface area contributed by atoms with Gasteiger partial charge < -0.3 is 20.5 Å². The molecule has 0 saturated carbocycles. The maximum atomic E-state index is 10.9. The Hall–Kier alpha value is -3.57. The summed E-state index contributed by atoms with van der Waals surface area (Å²) in [6.45, 7) is 1.24. The smallest absolute Gasteiger partial charge is 0.329 e. The van der Waals surface area contributed by atoms with E-state index in [9.17, 15) is 20.2 Å². The molecule has 3 N–H and O–H groups in total. The highest BCUT2D eigenvalue weighted by atomic mass is 79.9. The van der Waals surface area contributed by atoms with Gasteiger partial charge in [-0.2, -0.15) is 9.97 Å². The van der Waals surface area contributed by atoms with Crippen molar-refractivity contribution in [1.82, 2.24) is 19.9 Å². The molecule has 2 heterocycles. The maximum absolute atomic E-state index is 10.9. The first-order chi connectivity index (χ1) is 20.5. The van der Waals surface area contributed by atoms with Gasteiger partial charge in [0.2, 0.25) is 21.5 Å². The lowest BCUT2D eigenvalue weighted by Crippen LogP contribution is -2.01. The molecule has 0 saturated heterocycles. The summed E-state index contributed by atoms with van der Waals surface area (Å²) in [6, 6.07) is 14.3. The van der Waals surface area contributed by atoms with Gasteiger partial charge in [0, 0.05) is 22.0 Å². The van der Waals surface area contributed by atoms with Crippen LogP contribution in [-0.4, -0.2) is 53.7 Å². The molecular weight excluding hydrogens is 762 g/mol. The summed E-state index contributed by atoms with van der Waals surface area (Å²) < 4.78 is 10.7. The second-order valence-corrected chi connectivity index (χ2v) is 10.1. The van der Waals surface area contributed by atoms with Gasteiger partial charge in [-0.1, -0.05) is 43.5 Å². The van der Waals surface area contributed by atoms with Gasteiger partial charge >= 0.3 is 11.4 Å². The molecule has 2 aromatic carbocycles. The van der Waals surface area contributed by atoms with Crippen molar-refractivity contribution in [2.24, 2.45) is 0 Å². The van der Waals surface area contributed by atoms with Gasteiger partial charge in [-0.25, -0.2) is 9.97 Å². The number of nitro groups is 2. The Morgan fingerprint density at radius 3 is 1.70 bits per heavy atom. The summed E-state index contributed by atoms with van der Waals surface area (Å²) in [5, 5.41) is 25.0. The number of ether oxygens (including phenoxy) is 2. The van der Waals surface area contributed by atoms with Crippen molar-refractivity contribution in [2.45, 2.75) is 0 Å². The zero-order valence-corrected chi connectivity index (χ0v) is 27.1. The number of hydrogen-bond donors (Lipinski definition) is 2.